The Balaban J connectivity index is 1.82. The zero-order chi connectivity index (χ0) is 12.1. The van der Waals surface area contributed by atoms with E-state index in [1.165, 1.54) is 31.4 Å². The molecule has 1 unspecified atom stereocenters. The predicted octanol–water partition coefficient (Wildman–Crippen LogP) is 2.31. The van der Waals surface area contributed by atoms with Crippen LogP contribution in [-0.4, -0.2) is 36.1 Å². The summed E-state index contributed by atoms with van der Waals surface area (Å²) in [6.45, 7) is 3.19. The summed E-state index contributed by atoms with van der Waals surface area (Å²) < 4.78 is 0. The minimum atomic E-state index is 0.576. The minimum absolute atomic E-state index is 0.576. The highest BCUT2D eigenvalue weighted by molar-refractivity contribution is 6.29. The van der Waals surface area contributed by atoms with E-state index >= 15 is 0 Å². The summed E-state index contributed by atoms with van der Waals surface area (Å²) in [4.78, 5) is 6.34. The number of halogens is 1. The maximum atomic E-state index is 5.88. The number of aromatic nitrogens is 1. The van der Waals surface area contributed by atoms with Gasteiger partial charge in [0.05, 0.1) is 0 Å². The molecule has 1 aromatic heterocycles. The molecule has 0 aromatic carbocycles. The van der Waals surface area contributed by atoms with Crippen molar-refractivity contribution in [3.63, 3.8) is 0 Å². The standard InChI is InChI=1S/C13H20ClN3/c1-17(10-12-4-2-3-6-15-12)9-11-5-7-16-13(14)8-11/h5,7-8,12,15H,2-4,6,9-10H2,1H3. The van der Waals surface area contributed by atoms with Crippen molar-refractivity contribution in [3.05, 3.63) is 29.0 Å². The molecule has 94 valence electrons. The van der Waals surface area contributed by atoms with Gasteiger partial charge in [-0.25, -0.2) is 4.98 Å². The van der Waals surface area contributed by atoms with Gasteiger partial charge in [0, 0.05) is 25.3 Å². The van der Waals surface area contributed by atoms with Crippen molar-refractivity contribution in [2.24, 2.45) is 0 Å². The van der Waals surface area contributed by atoms with Crippen molar-refractivity contribution >= 4 is 11.6 Å². The van der Waals surface area contributed by atoms with Crippen molar-refractivity contribution < 1.29 is 0 Å². The molecule has 17 heavy (non-hydrogen) atoms. The van der Waals surface area contributed by atoms with Gasteiger partial charge in [0.2, 0.25) is 0 Å². The van der Waals surface area contributed by atoms with Crippen LogP contribution in [0.4, 0.5) is 0 Å². The molecule has 1 atom stereocenters. The van der Waals surface area contributed by atoms with Gasteiger partial charge in [0.25, 0.3) is 0 Å². The molecule has 1 aromatic rings. The first kappa shape index (κ1) is 12.8. The number of hydrogen-bond donors (Lipinski definition) is 1. The molecule has 0 radical (unpaired) electrons. The van der Waals surface area contributed by atoms with Crippen LogP contribution in [0.3, 0.4) is 0 Å². The van der Waals surface area contributed by atoms with Gasteiger partial charge in [-0.1, -0.05) is 18.0 Å². The van der Waals surface area contributed by atoms with Crippen LogP contribution in [-0.2, 0) is 6.54 Å². The predicted molar refractivity (Wildman–Crippen MR) is 71.2 cm³/mol. The molecule has 1 aliphatic heterocycles. The van der Waals surface area contributed by atoms with Crippen LogP contribution in [0.25, 0.3) is 0 Å². The molecular formula is C13H20ClN3. The molecular weight excluding hydrogens is 234 g/mol. The Morgan fingerprint density at radius 2 is 2.41 bits per heavy atom. The number of pyridine rings is 1. The topological polar surface area (TPSA) is 28.2 Å². The van der Waals surface area contributed by atoms with Gasteiger partial charge in [-0.15, -0.1) is 0 Å². The zero-order valence-electron chi connectivity index (χ0n) is 10.3. The van der Waals surface area contributed by atoms with Crippen LogP contribution in [0.1, 0.15) is 24.8 Å². The SMILES string of the molecule is CN(Cc1ccnc(Cl)c1)CC1CCCCN1. The molecule has 2 heterocycles. The third-order valence-electron chi connectivity index (χ3n) is 3.19. The third-order valence-corrected chi connectivity index (χ3v) is 3.39. The van der Waals surface area contributed by atoms with Crippen molar-refractivity contribution in [1.29, 1.82) is 0 Å². The molecule has 1 saturated heterocycles. The van der Waals surface area contributed by atoms with Crippen LogP contribution in [0.15, 0.2) is 18.3 Å². The van der Waals surface area contributed by atoms with Crippen molar-refractivity contribution in [2.45, 2.75) is 31.8 Å². The fraction of sp³-hybridized carbons (Fsp3) is 0.615. The van der Waals surface area contributed by atoms with Gasteiger partial charge in [0.15, 0.2) is 0 Å². The second-order valence-electron chi connectivity index (χ2n) is 4.83. The third kappa shape index (κ3) is 4.26. The molecule has 1 aliphatic rings. The zero-order valence-corrected chi connectivity index (χ0v) is 11.1. The summed E-state index contributed by atoms with van der Waals surface area (Å²) in [7, 11) is 2.16. The number of nitrogens with zero attached hydrogens (tertiary/aromatic N) is 2. The molecule has 0 spiro atoms. The van der Waals surface area contributed by atoms with Gasteiger partial charge in [0.1, 0.15) is 5.15 Å². The average Bonchev–Trinajstić information content (AvgIpc) is 2.30. The number of nitrogens with one attached hydrogen (secondary N) is 1. The quantitative estimate of drug-likeness (QED) is 0.835. The highest BCUT2D eigenvalue weighted by Crippen LogP contribution is 2.11. The summed E-state index contributed by atoms with van der Waals surface area (Å²) >= 11 is 5.88. The first-order chi connectivity index (χ1) is 8.24. The molecule has 1 fully saturated rings. The normalized spacial score (nSPS) is 20.8. The summed E-state index contributed by atoms with van der Waals surface area (Å²) in [5.41, 5.74) is 1.23. The lowest BCUT2D eigenvalue weighted by Gasteiger charge is -2.28. The average molecular weight is 254 g/mol. The lowest BCUT2D eigenvalue weighted by Crippen LogP contribution is -2.42. The second-order valence-corrected chi connectivity index (χ2v) is 5.22. The molecule has 1 N–H and O–H groups in total. The Hall–Kier alpha value is -0.640. The maximum absolute atomic E-state index is 5.88. The largest absolute Gasteiger partial charge is 0.313 e. The summed E-state index contributed by atoms with van der Waals surface area (Å²) in [5.74, 6) is 0. The number of rotatable bonds is 4. The van der Waals surface area contributed by atoms with Crippen LogP contribution < -0.4 is 5.32 Å². The molecule has 0 aliphatic carbocycles. The van der Waals surface area contributed by atoms with E-state index in [2.05, 4.69) is 22.2 Å². The molecule has 0 amide bonds. The van der Waals surface area contributed by atoms with Crippen LogP contribution in [0, 0.1) is 0 Å². The number of piperidine rings is 1. The van der Waals surface area contributed by atoms with Crippen LogP contribution >= 0.6 is 11.6 Å². The Bertz CT molecular complexity index is 350. The van der Waals surface area contributed by atoms with E-state index < -0.39 is 0 Å². The van der Waals surface area contributed by atoms with Gasteiger partial charge in [-0.05, 0) is 44.1 Å². The van der Waals surface area contributed by atoms with E-state index in [1.807, 2.05) is 12.1 Å². The smallest absolute Gasteiger partial charge is 0.129 e. The Labute approximate surface area is 108 Å². The van der Waals surface area contributed by atoms with Crippen molar-refractivity contribution in [2.75, 3.05) is 20.1 Å². The van der Waals surface area contributed by atoms with Crippen molar-refractivity contribution in [3.8, 4) is 0 Å². The number of hydrogen-bond acceptors (Lipinski definition) is 3. The Morgan fingerprint density at radius 3 is 3.12 bits per heavy atom. The minimum Gasteiger partial charge on any atom is -0.313 e. The van der Waals surface area contributed by atoms with E-state index in [0.29, 0.717) is 11.2 Å². The van der Waals surface area contributed by atoms with Crippen molar-refractivity contribution in [1.82, 2.24) is 15.2 Å². The summed E-state index contributed by atoms with van der Waals surface area (Å²) in [6.07, 6.45) is 5.73. The monoisotopic (exact) mass is 253 g/mol. The van der Waals surface area contributed by atoms with Gasteiger partial charge in [-0.2, -0.15) is 0 Å². The van der Waals surface area contributed by atoms with Gasteiger partial charge in [-0.3, -0.25) is 0 Å². The molecule has 4 heteroatoms. The first-order valence-corrected chi connectivity index (χ1v) is 6.64. The van der Waals surface area contributed by atoms with Crippen LogP contribution in [0.5, 0.6) is 0 Å². The van der Waals surface area contributed by atoms with E-state index in [4.69, 9.17) is 11.6 Å². The van der Waals surface area contributed by atoms with E-state index in [-0.39, 0.29) is 0 Å². The second kappa shape index (κ2) is 6.34. The summed E-state index contributed by atoms with van der Waals surface area (Å²) in [6, 6.07) is 4.61. The molecule has 0 saturated carbocycles. The first-order valence-electron chi connectivity index (χ1n) is 6.26. The fourth-order valence-corrected chi connectivity index (χ4v) is 2.57. The van der Waals surface area contributed by atoms with Crippen LogP contribution in [0.2, 0.25) is 5.15 Å². The Kier molecular flexibility index (Phi) is 4.77. The fourth-order valence-electron chi connectivity index (χ4n) is 2.37. The number of likely N-dealkylation sites (N-methyl/N-ethyl adjacent to an activating group) is 1. The molecule has 2 rings (SSSR count). The Morgan fingerprint density at radius 1 is 1.53 bits per heavy atom. The van der Waals surface area contributed by atoms with E-state index in [1.54, 1.807) is 6.20 Å². The lowest BCUT2D eigenvalue weighted by molar-refractivity contribution is 0.256. The summed E-state index contributed by atoms with van der Waals surface area (Å²) in [5, 5.41) is 4.14. The van der Waals surface area contributed by atoms with Gasteiger partial charge < -0.3 is 10.2 Å². The van der Waals surface area contributed by atoms with Gasteiger partial charge >= 0.3 is 0 Å². The highest BCUT2D eigenvalue weighted by atomic mass is 35.5. The van der Waals surface area contributed by atoms with E-state index in [9.17, 15) is 0 Å². The molecule has 3 nitrogen and oxygen atoms in total. The lowest BCUT2D eigenvalue weighted by atomic mass is 10.0. The molecule has 0 bridgehead atoms. The van der Waals surface area contributed by atoms with E-state index in [0.717, 1.165) is 13.1 Å². The highest BCUT2D eigenvalue weighted by Gasteiger charge is 2.14. The maximum Gasteiger partial charge on any atom is 0.129 e.